The van der Waals surface area contributed by atoms with Gasteiger partial charge in [0.05, 0.1) is 11.4 Å². The summed E-state index contributed by atoms with van der Waals surface area (Å²) in [6.07, 6.45) is 0. The number of rotatable bonds is 0. The monoisotopic (exact) mass is 268 g/mol. The Morgan fingerprint density at radius 2 is 1.10 bits per heavy atom. The van der Waals surface area contributed by atoms with Crippen LogP contribution in [0.2, 0.25) is 0 Å². The Bertz CT molecular complexity index is 574. The van der Waals surface area contributed by atoms with E-state index in [0.29, 0.717) is 0 Å². The second-order valence-electron chi connectivity index (χ2n) is 5.51. The van der Waals surface area contributed by atoms with Gasteiger partial charge in [-0.1, -0.05) is 24.3 Å². The number of hydrogen-bond acceptors (Lipinski definition) is 4. The number of para-hydroxylation sites is 4. The first-order chi connectivity index (χ1) is 9.60. The summed E-state index contributed by atoms with van der Waals surface area (Å²) in [6, 6.07) is 15.8. The predicted molar refractivity (Wildman–Crippen MR) is 78.2 cm³/mol. The Balaban J connectivity index is 1.83. The molecule has 0 amide bonds. The van der Waals surface area contributed by atoms with Crippen LogP contribution in [0.5, 0.6) is 11.5 Å². The van der Waals surface area contributed by atoms with Crippen LogP contribution in [0.15, 0.2) is 48.5 Å². The normalized spacial score (nSPS) is 29.5. The lowest BCUT2D eigenvalue weighted by Gasteiger charge is -2.53. The lowest BCUT2D eigenvalue weighted by molar-refractivity contribution is -0.0769. The predicted octanol–water partition coefficient (Wildman–Crippen LogP) is 3.43. The van der Waals surface area contributed by atoms with E-state index in [4.69, 9.17) is 9.47 Å². The van der Waals surface area contributed by atoms with Crippen molar-refractivity contribution in [3.8, 4) is 11.5 Å². The summed E-state index contributed by atoms with van der Waals surface area (Å²) in [4.78, 5) is 0. The summed E-state index contributed by atoms with van der Waals surface area (Å²) in [6.45, 7) is 3.98. The van der Waals surface area contributed by atoms with Crippen LogP contribution in [0.4, 0.5) is 11.4 Å². The average Bonchev–Trinajstić information content (AvgIpc) is 2.42. The topological polar surface area (TPSA) is 42.5 Å². The summed E-state index contributed by atoms with van der Waals surface area (Å²) in [5, 5.41) is 6.89. The number of nitrogens with one attached hydrogen (secondary N) is 2. The summed E-state index contributed by atoms with van der Waals surface area (Å²) < 4.78 is 12.4. The molecule has 2 atom stereocenters. The first kappa shape index (κ1) is 11.5. The van der Waals surface area contributed by atoms with Crippen LogP contribution in [0, 0.1) is 0 Å². The van der Waals surface area contributed by atoms with Crippen molar-refractivity contribution in [2.75, 3.05) is 10.6 Å². The van der Waals surface area contributed by atoms with Gasteiger partial charge in [0.25, 0.3) is 0 Å². The lowest BCUT2D eigenvalue weighted by Crippen LogP contribution is -2.70. The van der Waals surface area contributed by atoms with Crippen molar-refractivity contribution in [2.24, 2.45) is 0 Å². The summed E-state index contributed by atoms with van der Waals surface area (Å²) in [5.41, 5.74) is 0.508. The molecule has 4 heteroatoms. The zero-order valence-corrected chi connectivity index (χ0v) is 11.4. The van der Waals surface area contributed by atoms with Gasteiger partial charge in [0, 0.05) is 13.8 Å². The van der Waals surface area contributed by atoms with Gasteiger partial charge < -0.3 is 20.1 Å². The van der Waals surface area contributed by atoms with Crippen molar-refractivity contribution in [1.82, 2.24) is 0 Å². The van der Waals surface area contributed by atoms with E-state index in [1.807, 2.05) is 62.4 Å². The molecule has 2 N–H and O–H groups in total. The van der Waals surface area contributed by atoms with Gasteiger partial charge in [0.1, 0.15) is 11.5 Å². The zero-order chi connectivity index (χ0) is 13.8. The Morgan fingerprint density at radius 1 is 0.700 bits per heavy atom. The van der Waals surface area contributed by atoms with Crippen molar-refractivity contribution in [3.05, 3.63) is 48.5 Å². The van der Waals surface area contributed by atoms with E-state index in [1.165, 1.54) is 0 Å². The minimum atomic E-state index is -0.685. The van der Waals surface area contributed by atoms with Crippen molar-refractivity contribution < 1.29 is 9.47 Å². The molecule has 0 unspecified atom stereocenters. The molecule has 4 nitrogen and oxygen atoms in total. The van der Waals surface area contributed by atoms with Crippen LogP contribution in [-0.2, 0) is 0 Å². The van der Waals surface area contributed by atoms with Crippen LogP contribution in [0.1, 0.15) is 13.8 Å². The third-order valence-corrected chi connectivity index (χ3v) is 4.06. The molecular weight excluding hydrogens is 252 g/mol. The van der Waals surface area contributed by atoms with E-state index in [1.54, 1.807) is 0 Å². The molecule has 2 aromatic carbocycles. The molecule has 0 saturated heterocycles. The van der Waals surface area contributed by atoms with Gasteiger partial charge in [-0.25, -0.2) is 0 Å². The molecule has 20 heavy (non-hydrogen) atoms. The minimum absolute atomic E-state index is 0.685. The van der Waals surface area contributed by atoms with Gasteiger partial charge in [0.2, 0.25) is 11.4 Å². The maximum Gasteiger partial charge on any atom is 0.236 e. The first-order valence-corrected chi connectivity index (χ1v) is 6.72. The van der Waals surface area contributed by atoms with Crippen molar-refractivity contribution >= 4 is 11.4 Å². The highest BCUT2D eigenvalue weighted by molar-refractivity contribution is 5.66. The van der Waals surface area contributed by atoms with Crippen LogP contribution in [0.3, 0.4) is 0 Å². The van der Waals surface area contributed by atoms with E-state index in [9.17, 15) is 0 Å². The van der Waals surface area contributed by atoms with E-state index in [2.05, 4.69) is 10.6 Å². The second-order valence-corrected chi connectivity index (χ2v) is 5.51. The van der Waals surface area contributed by atoms with Crippen LogP contribution in [-0.4, -0.2) is 11.4 Å². The minimum Gasteiger partial charge on any atom is -0.460 e. The fourth-order valence-electron chi connectivity index (χ4n) is 2.76. The number of anilines is 2. The average molecular weight is 268 g/mol. The molecule has 0 bridgehead atoms. The van der Waals surface area contributed by atoms with Crippen LogP contribution in [0.25, 0.3) is 0 Å². The third-order valence-electron chi connectivity index (χ3n) is 4.06. The maximum atomic E-state index is 6.18. The Kier molecular flexibility index (Phi) is 2.06. The maximum absolute atomic E-state index is 6.18. The second kappa shape index (κ2) is 3.60. The Hall–Kier alpha value is -2.36. The first-order valence-electron chi connectivity index (χ1n) is 6.72. The van der Waals surface area contributed by atoms with E-state index in [-0.39, 0.29) is 0 Å². The summed E-state index contributed by atoms with van der Waals surface area (Å²) in [7, 11) is 0. The number of hydrogen-bond donors (Lipinski definition) is 2. The Labute approximate surface area is 117 Å². The highest BCUT2D eigenvalue weighted by Gasteiger charge is 2.55. The standard InChI is InChI=1S/C16H16N2O2/c1-15-16(2,18-12-8-4-5-9-13(12)19-15)20-14-10-6-3-7-11(14)17-15/h3-10,17-18H,1-2H3/t15-,16-/m1/s1. The molecule has 2 aliphatic heterocycles. The molecule has 0 fully saturated rings. The number of fused-ring (bicyclic) bond motifs is 3. The highest BCUT2D eigenvalue weighted by Crippen LogP contribution is 2.47. The number of benzene rings is 2. The molecule has 4 rings (SSSR count). The van der Waals surface area contributed by atoms with Gasteiger partial charge in [-0.3, -0.25) is 0 Å². The van der Waals surface area contributed by atoms with Gasteiger partial charge in [-0.05, 0) is 24.3 Å². The molecule has 0 radical (unpaired) electrons. The van der Waals surface area contributed by atoms with Gasteiger partial charge in [-0.2, -0.15) is 0 Å². The lowest BCUT2D eigenvalue weighted by atomic mass is 9.96. The van der Waals surface area contributed by atoms with Crippen LogP contribution >= 0.6 is 0 Å². The fourth-order valence-corrected chi connectivity index (χ4v) is 2.76. The number of ether oxygens (including phenoxy) is 2. The largest absolute Gasteiger partial charge is 0.460 e. The molecule has 2 heterocycles. The Morgan fingerprint density at radius 3 is 1.55 bits per heavy atom. The van der Waals surface area contributed by atoms with E-state index >= 15 is 0 Å². The van der Waals surface area contributed by atoms with Crippen molar-refractivity contribution in [2.45, 2.75) is 25.3 Å². The highest BCUT2D eigenvalue weighted by atomic mass is 16.6. The van der Waals surface area contributed by atoms with Gasteiger partial charge in [0.15, 0.2) is 0 Å². The molecule has 0 saturated carbocycles. The molecule has 0 aromatic heterocycles. The molecular formula is C16H16N2O2. The molecule has 0 spiro atoms. The summed E-state index contributed by atoms with van der Waals surface area (Å²) in [5.74, 6) is 1.64. The van der Waals surface area contributed by atoms with Gasteiger partial charge >= 0.3 is 0 Å². The van der Waals surface area contributed by atoms with Crippen LogP contribution < -0.4 is 20.1 Å². The molecule has 102 valence electrons. The third kappa shape index (κ3) is 1.42. The van der Waals surface area contributed by atoms with Crippen molar-refractivity contribution in [3.63, 3.8) is 0 Å². The van der Waals surface area contributed by atoms with E-state index < -0.39 is 11.4 Å². The summed E-state index contributed by atoms with van der Waals surface area (Å²) >= 11 is 0. The van der Waals surface area contributed by atoms with Gasteiger partial charge in [-0.15, -0.1) is 0 Å². The molecule has 2 aliphatic rings. The fraction of sp³-hybridized carbons (Fsp3) is 0.250. The quantitative estimate of drug-likeness (QED) is 0.768. The van der Waals surface area contributed by atoms with E-state index in [0.717, 1.165) is 22.9 Å². The SMILES string of the molecule is C[C@]12Nc3ccccc3O[C@@]1(C)Nc1ccccc1O2. The van der Waals surface area contributed by atoms with Crippen molar-refractivity contribution in [1.29, 1.82) is 0 Å². The molecule has 0 aliphatic carbocycles. The zero-order valence-electron chi connectivity index (χ0n) is 11.4. The smallest absolute Gasteiger partial charge is 0.236 e. The molecule has 2 aromatic rings.